The zero-order valence-electron chi connectivity index (χ0n) is 13.1. The number of hydrogen-bond donors (Lipinski definition) is 1. The molecule has 1 aromatic carbocycles. The van der Waals surface area contributed by atoms with Gasteiger partial charge in [0.05, 0.1) is 0 Å². The molecular weight excluding hydrogens is 262 g/mol. The number of benzene rings is 1. The van der Waals surface area contributed by atoms with Crippen molar-refractivity contribution in [3.8, 4) is 0 Å². The van der Waals surface area contributed by atoms with Crippen molar-refractivity contribution in [1.82, 2.24) is 4.90 Å². The lowest BCUT2D eigenvalue weighted by Crippen LogP contribution is -2.44. The van der Waals surface area contributed by atoms with Gasteiger partial charge in [-0.1, -0.05) is 31.2 Å². The third-order valence-electron chi connectivity index (χ3n) is 4.47. The molecule has 0 aliphatic carbocycles. The van der Waals surface area contributed by atoms with Crippen molar-refractivity contribution in [2.24, 2.45) is 0 Å². The maximum absolute atomic E-state index is 12.4. The Balaban J connectivity index is 1.87. The van der Waals surface area contributed by atoms with E-state index in [-0.39, 0.29) is 18.6 Å². The van der Waals surface area contributed by atoms with Crippen molar-refractivity contribution in [3.63, 3.8) is 0 Å². The van der Waals surface area contributed by atoms with E-state index < -0.39 is 0 Å². The zero-order chi connectivity index (χ0) is 15.1. The van der Waals surface area contributed by atoms with Crippen molar-refractivity contribution < 1.29 is 9.90 Å². The van der Waals surface area contributed by atoms with Crippen molar-refractivity contribution >= 4 is 5.91 Å². The Morgan fingerprint density at radius 3 is 2.62 bits per heavy atom. The molecule has 1 atom stereocenters. The van der Waals surface area contributed by atoms with Gasteiger partial charge in [0.25, 0.3) is 0 Å². The van der Waals surface area contributed by atoms with E-state index in [1.54, 1.807) is 0 Å². The number of hydrogen-bond acceptors (Lipinski definition) is 2. The molecule has 0 saturated carbocycles. The van der Waals surface area contributed by atoms with Gasteiger partial charge < -0.3 is 10.0 Å². The number of aliphatic hydroxyl groups excluding tert-OH is 1. The Hall–Kier alpha value is -1.35. The number of piperidine rings is 1. The normalized spacial score (nSPS) is 18.8. The summed E-state index contributed by atoms with van der Waals surface area (Å²) in [6.45, 7) is 3.18. The second-order valence-corrected chi connectivity index (χ2v) is 5.92. The van der Waals surface area contributed by atoms with Gasteiger partial charge in [0.2, 0.25) is 5.91 Å². The van der Waals surface area contributed by atoms with Gasteiger partial charge in [-0.2, -0.15) is 0 Å². The monoisotopic (exact) mass is 289 g/mol. The molecule has 3 heteroatoms. The van der Waals surface area contributed by atoms with E-state index in [1.807, 2.05) is 4.90 Å². The number of amides is 1. The first-order chi connectivity index (χ1) is 10.2. The van der Waals surface area contributed by atoms with Crippen LogP contribution in [0.2, 0.25) is 0 Å². The molecule has 0 aromatic heterocycles. The number of aliphatic hydroxyl groups is 1. The molecule has 1 heterocycles. The quantitative estimate of drug-likeness (QED) is 0.874. The molecule has 3 nitrogen and oxygen atoms in total. The topological polar surface area (TPSA) is 40.5 Å². The molecule has 1 aliphatic rings. The summed E-state index contributed by atoms with van der Waals surface area (Å²) in [5.74, 6) is 0.243. The molecule has 1 saturated heterocycles. The van der Waals surface area contributed by atoms with Crippen LogP contribution in [0.5, 0.6) is 0 Å². The van der Waals surface area contributed by atoms with Gasteiger partial charge in [-0.25, -0.2) is 0 Å². The van der Waals surface area contributed by atoms with Crippen molar-refractivity contribution in [2.75, 3.05) is 13.2 Å². The Morgan fingerprint density at radius 1 is 1.24 bits per heavy atom. The Kier molecular flexibility index (Phi) is 6.24. The van der Waals surface area contributed by atoms with E-state index in [2.05, 4.69) is 31.2 Å². The SMILES string of the molecule is CCc1ccc(CCC(=O)N2CCCCC2CCO)cc1. The molecule has 2 rings (SSSR count). The van der Waals surface area contributed by atoms with E-state index in [0.717, 1.165) is 38.6 Å². The Bertz CT molecular complexity index is 439. The average Bonchev–Trinajstić information content (AvgIpc) is 2.54. The lowest BCUT2D eigenvalue weighted by atomic mass is 9.98. The summed E-state index contributed by atoms with van der Waals surface area (Å²) < 4.78 is 0. The van der Waals surface area contributed by atoms with Gasteiger partial charge >= 0.3 is 0 Å². The summed E-state index contributed by atoms with van der Waals surface area (Å²) in [7, 11) is 0. The van der Waals surface area contributed by atoms with Crippen LogP contribution >= 0.6 is 0 Å². The maximum Gasteiger partial charge on any atom is 0.223 e. The molecule has 21 heavy (non-hydrogen) atoms. The fourth-order valence-corrected chi connectivity index (χ4v) is 3.11. The van der Waals surface area contributed by atoms with Crippen molar-refractivity contribution in [2.45, 2.75) is 57.9 Å². The first-order valence-electron chi connectivity index (χ1n) is 8.22. The van der Waals surface area contributed by atoms with Gasteiger partial charge in [-0.3, -0.25) is 4.79 Å². The van der Waals surface area contributed by atoms with Gasteiger partial charge in [-0.15, -0.1) is 0 Å². The van der Waals surface area contributed by atoms with Crippen LogP contribution in [-0.2, 0) is 17.6 Å². The summed E-state index contributed by atoms with van der Waals surface area (Å²) in [6, 6.07) is 8.81. The smallest absolute Gasteiger partial charge is 0.223 e. The van der Waals surface area contributed by atoms with Crippen LogP contribution in [0.15, 0.2) is 24.3 Å². The zero-order valence-corrected chi connectivity index (χ0v) is 13.1. The molecule has 0 spiro atoms. The van der Waals surface area contributed by atoms with E-state index >= 15 is 0 Å². The lowest BCUT2D eigenvalue weighted by Gasteiger charge is -2.35. The second kappa shape index (κ2) is 8.18. The summed E-state index contributed by atoms with van der Waals surface area (Å²) >= 11 is 0. The molecule has 1 aliphatic heterocycles. The molecule has 0 bridgehead atoms. The molecule has 1 unspecified atom stereocenters. The summed E-state index contributed by atoms with van der Waals surface area (Å²) in [5, 5.41) is 9.14. The number of aryl methyl sites for hydroxylation is 2. The number of likely N-dealkylation sites (tertiary alicyclic amines) is 1. The third kappa shape index (κ3) is 4.57. The van der Waals surface area contributed by atoms with Gasteiger partial charge in [0.1, 0.15) is 0 Å². The fourth-order valence-electron chi connectivity index (χ4n) is 3.11. The summed E-state index contributed by atoms with van der Waals surface area (Å²) in [4.78, 5) is 14.4. The van der Waals surface area contributed by atoms with Crippen LogP contribution in [0, 0.1) is 0 Å². The van der Waals surface area contributed by atoms with Crippen LogP contribution in [0.25, 0.3) is 0 Å². The van der Waals surface area contributed by atoms with Crippen LogP contribution < -0.4 is 0 Å². The highest BCUT2D eigenvalue weighted by atomic mass is 16.3. The second-order valence-electron chi connectivity index (χ2n) is 5.92. The summed E-state index contributed by atoms with van der Waals surface area (Å²) in [5.41, 5.74) is 2.57. The minimum Gasteiger partial charge on any atom is -0.396 e. The molecule has 1 N–H and O–H groups in total. The number of rotatable bonds is 6. The molecule has 0 radical (unpaired) electrons. The van der Waals surface area contributed by atoms with Gasteiger partial charge in [0, 0.05) is 25.6 Å². The predicted octanol–water partition coefficient (Wildman–Crippen LogP) is 2.95. The Labute approximate surface area is 128 Å². The van der Waals surface area contributed by atoms with Crippen molar-refractivity contribution in [1.29, 1.82) is 0 Å². The van der Waals surface area contributed by atoms with E-state index in [9.17, 15) is 4.79 Å². The predicted molar refractivity (Wildman–Crippen MR) is 85.2 cm³/mol. The third-order valence-corrected chi connectivity index (χ3v) is 4.47. The van der Waals surface area contributed by atoms with Gasteiger partial charge in [0.15, 0.2) is 0 Å². The van der Waals surface area contributed by atoms with Gasteiger partial charge in [-0.05, 0) is 49.7 Å². The molecule has 1 aromatic rings. The first-order valence-corrected chi connectivity index (χ1v) is 8.22. The standard InChI is InChI=1S/C18H27NO2/c1-2-15-6-8-16(9-7-15)10-11-18(21)19-13-4-3-5-17(19)12-14-20/h6-9,17,20H,2-5,10-14H2,1H3. The molecular formula is C18H27NO2. The van der Waals surface area contributed by atoms with Crippen molar-refractivity contribution in [3.05, 3.63) is 35.4 Å². The lowest BCUT2D eigenvalue weighted by molar-refractivity contribution is -0.135. The molecule has 1 fully saturated rings. The fraction of sp³-hybridized carbons (Fsp3) is 0.611. The van der Waals surface area contributed by atoms with E-state index in [0.29, 0.717) is 6.42 Å². The summed E-state index contributed by atoms with van der Waals surface area (Å²) in [6.07, 6.45) is 6.47. The van der Waals surface area contributed by atoms with Crippen LogP contribution in [0.3, 0.4) is 0 Å². The largest absolute Gasteiger partial charge is 0.396 e. The minimum atomic E-state index is 0.174. The maximum atomic E-state index is 12.4. The highest BCUT2D eigenvalue weighted by molar-refractivity contribution is 5.77. The minimum absolute atomic E-state index is 0.174. The van der Waals surface area contributed by atoms with Crippen LogP contribution in [-0.4, -0.2) is 35.1 Å². The van der Waals surface area contributed by atoms with E-state index in [4.69, 9.17) is 5.11 Å². The highest BCUT2D eigenvalue weighted by Gasteiger charge is 2.25. The van der Waals surface area contributed by atoms with E-state index in [1.165, 1.54) is 17.5 Å². The van der Waals surface area contributed by atoms with Crippen LogP contribution in [0.1, 0.15) is 50.2 Å². The van der Waals surface area contributed by atoms with Crippen LogP contribution in [0.4, 0.5) is 0 Å². The average molecular weight is 289 g/mol. The number of nitrogens with zero attached hydrogens (tertiary/aromatic N) is 1. The Morgan fingerprint density at radius 2 is 1.95 bits per heavy atom. The highest BCUT2D eigenvalue weighted by Crippen LogP contribution is 2.21. The molecule has 1 amide bonds. The first kappa shape index (κ1) is 16.0. The molecule has 116 valence electrons. The number of carbonyl (C=O) groups excluding carboxylic acids is 1. The number of carbonyl (C=O) groups is 1.